The molecular weight excluding hydrogens is 378 g/mol. The predicted octanol–water partition coefficient (Wildman–Crippen LogP) is 3.37. The Labute approximate surface area is 164 Å². The zero-order chi connectivity index (χ0) is 18.5. The molecule has 0 atom stereocenters. The van der Waals surface area contributed by atoms with Crippen LogP contribution >= 0.6 is 22.7 Å². The fourth-order valence-electron chi connectivity index (χ4n) is 2.67. The first-order valence-corrected chi connectivity index (χ1v) is 10.2. The molecule has 6 nitrogen and oxygen atoms in total. The van der Waals surface area contributed by atoms with Crippen LogP contribution in [0, 0.1) is 0 Å². The van der Waals surface area contributed by atoms with Crippen LogP contribution in [0.5, 0.6) is 0 Å². The lowest BCUT2D eigenvalue weighted by molar-refractivity contribution is -0.120. The second-order valence-electron chi connectivity index (χ2n) is 5.99. The number of carbonyl (C=O) groups excluding carboxylic acids is 1. The van der Waals surface area contributed by atoms with Gasteiger partial charge in [0.15, 0.2) is 0 Å². The molecule has 0 bridgehead atoms. The number of hydrogen-bond donors (Lipinski definition) is 1. The highest BCUT2D eigenvalue weighted by atomic mass is 32.1. The molecule has 1 amide bonds. The van der Waals surface area contributed by atoms with Crippen molar-refractivity contribution in [3.8, 4) is 9.88 Å². The van der Waals surface area contributed by atoms with E-state index in [0.29, 0.717) is 19.5 Å². The van der Waals surface area contributed by atoms with Crippen molar-refractivity contribution in [2.75, 3.05) is 0 Å². The number of nitrogens with zero attached hydrogens (tertiary/aromatic N) is 4. The number of benzene rings is 1. The normalized spacial score (nSPS) is 10.8. The SMILES string of the molecule is O=C(Cc1csc(-c2cccs2)n1)NCc1cccc(Cn2cncn2)c1. The number of hydrogen-bond acceptors (Lipinski definition) is 6. The first kappa shape index (κ1) is 17.6. The minimum Gasteiger partial charge on any atom is -0.352 e. The smallest absolute Gasteiger partial charge is 0.226 e. The van der Waals surface area contributed by atoms with Crippen molar-refractivity contribution in [3.05, 3.63) is 76.6 Å². The van der Waals surface area contributed by atoms with Crippen LogP contribution in [0.1, 0.15) is 16.8 Å². The average molecular weight is 396 g/mol. The van der Waals surface area contributed by atoms with Crippen LogP contribution < -0.4 is 5.32 Å². The zero-order valence-electron chi connectivity index (χ0n) is 14.4. The minimum atomic E-state index is -0.0280. The number of rotatable bonds is 7. The van der Waals surface area contributed by atoms with Crippen molar-refractivity contribution in [2.45, 2.75) is 19.5 Å². The summed E-state index contributed by atoms with van der Waals surface area (Å²) in [6.07, 6.45) is 3.50. The molecule has 4 aromatic rings. The molecule has 0 spiro atoms. The summed E-state index contributed by atoms with van der Waals surface area (Å²) >= 11 is 3.23. The zero-order valence-corrected chi connectivity index (χ0v) is 16.0. The summed E-state index contributed by atoms with van der Waals surface area (Å²) in [6, 6.07) is 12.1. The summed E-state index contributed by atoms with van der Waals surface area (Å²) in [5.41, 5.74) is 2.98. The largest absolute Gasteiger partial charge is 0.352 e. The van der Waals surface area contributed by atoms with E-state index in [2.05, 4.69) is 26.4 Å². The third-order valence-electron chi connectivity index (χ3n) is 3.92. The van der Waals surface area contributed by atoms with Crippen LogP contribution in [0.15, 0.2) is 59.8 Å². The van der Waals surface area contributed by atoms with E-state index in [1.165, 1.54) is 6.33 Å². The summed E-state index contributed by atoms with van der Waals surface area (Å²) in [5, 5.41) is 12.0. The average Bonchev–Trinajstić information content (AvgIpc) is 3.42. The Morgan fingerprint density at radius 2 is 2.07 bits per heavy atom. The standard InChI is InChI=1S/C19H17N5OS2/c25-18(8-16-11-27-19(23-16)17-5-2-6-26-17)21-9-14-3-1-4-15(7-14)10-24-13-20-12-22-24/h1-7,11-13H,8-10H2,(H,21,25). The maximum Gasteiger partial charge on any atom is 0.226 e. The lowest BCUT2D eigenvalue weighted by atomic mass is 10.1. The van der Waals surface area contributed by atoms with Crippen molar-refractivity contribution in [3.63, 3.8) is 0 Å². The Kier molecular flexibility index (Phi) is 5.36. The van der Waals surface area contributed by atoms with E-state index in [4.69, 9.17) is 0 Å². The van der Waals surface area contributed by atoms with E-state index < -0.39 is 0 Å². The van der Waals surface area contributed by atoms with Crippen molar-refractivity contribution in [1.82, 2.24) is 25.1 Å². The van der Waals surface area contributed by atoms with E-state index in [1.807, 2.05) is 41.1 Å². The molecule has 8 heteroatoms. The summed E-state index contributed by atoms with van der Waals surface area (Å²) in [7, 11) is 0. The topological polar surface area (TPSA) is 72.7 Å². The molecule has 136 valence electrons. The van der Waals surface area contributed by atoms with Crippen LogP contribution in [-0.4, -0.2) is 25.7 Å². The number of amides is 1. The highest BCUT2D eigenvalue weighted by molar-refractivity contribution is 7.20. The van der Waals surface area contributed by atoms with E-state index >= 15 is 0 Å². The molecule has 0 aliphatic rings. The molecule has 0 fully saturated rings. The summed E-state index contributed by atoms with van der Waals surface area (Å²) in [6.45, 7) is 1.15. The first-order chi connectivity index (χ1) is 13.3. The Hall–Kier alpha value is -2.84. The third kappa shape index (κ3) is 4.66. The molecule has 1 N–H and O–H groups in total. The van der Waals surface area contributed by atoms with Gasteiger partial charge < -0.3 is 5.32 Å². The molecule has 4 rings (SSSR count). The van der Waals surface area contributed by atoms with Gasteiger partial charge in [0.05, 0.1) is 23.5 Å². The van der Waals surface area contributed by atoms with Gasteiger partial charge in [0.1, 0.15) is 17.7 Å². The van der Waals surface area contributed by atoms with Crippen molar-refractivity contribution < 1.29 is 4.79 Å². The monoisotopic (exact) mass is 395 g/mol. The molecule has 0 unspecified atom stereocenters. The van der Waals surface area contributed by atoms with Crippen LogP contribution in [0.2, 0.25) is 0 Å². The Morgan fingerprint density at radius 3 is 2.89 bits per heavy atom. The van der Waals surface area contributed by atoms with E-state index in [9.17, 15) is 4.79 Å². The third-order valence-corrected chi connectivity index (χ3v) is 5.85. The molecule has 0 aliphatic heterocycles. The highest BCUT2D eigenvalue weighted by Crippen LogP contribution is 2.27. The quantitative estimate of drug-likeness (QED) is 0.521. The van der Waals surface area contributed by atoms with Gasteiger partial charge in [-0.1, -0.05) is 30.3 Å². The van der Waals surface area contributed by atoms with Crippen LogP contribution in [0.3, 0.4) is 0 Å². The van der Waals surface area contributed by atoms with E-state index in [1.54, 1.807) is 33.7 Å². The van der Waals surface area contributed by atoms with E-state index in [0.717, 1.165) is 26.7 Å². The van der Waals surface area contributed by atoms with Gasteiger partial charge >= 0.3 is 0 Å². The Morgan fingerprint density at radius 1 is 1.15 bits per heavy atom. The minimum absolute atomic E-state index is 0.0280. The fraction of sp³-hybridized carbons (Fsp3) is 0.158. The summed E-state index contributed by atoms with van der Waals surface area (Å²) in [4.78, 5) is 21.9. The maximum atomic E-state index is 12.3. The second-order valence-corrected chi connectivity index (χ2v) is 7.79. The first-order valence-electron chi connectivity index (χ1n) is 8.41. The molecular formula is C19H17N5OS2. The maximum absolute atomic E-state index is 12.3. The molecule has 0 radical (unpaired) electrons. The van der Waals surface area contributed by atoms with Gasteiger partial charge in [-0.2, -0.15) is 5.10 Å². The van der Waals surface area contributed by atoms with Crippen molar-refractivity contribution in [2.24, 2.45) is 0 Å². The lowest BCUT2D eigenvalue weighted by Crippen LogP contribution is -2.24. The number of thiophene rings is 1. The number of carbonyl (C=O) groups is 1. The molecule has 3 heterocycles. The van der Waals surface area contributed by atoms with Gasteiger partial charge in [-0.3, -0.25) is 4.79 Å². The lowest BCUT2D eigenvalue weighted by Gasteiger charge is -2.07. The number of thiazole rings is 1. The van der Waals surface area contributed by atoms with Gasteiger partial charge in [-0.05, 0) is 22.6 Å². The van der Waals surface area contributed by atoms with Crippen LogP contribution in [-0.2, 0) is 24.3 Å². The molecule has 3 aromatic heterocycles. The fourth-order valence-corrected chi connectivity index (χ4v) is 4.30. The summed E-state index contributed by atoms with van der Waals surface area (Å²) < 4.78 is 1.77. The van der Waals surface area contributed by atoms with Crippen molar-refractivity contribution in [1.29, 1.82) is 0 Å². The predicted molar refractivity (Wildman–Crippen MR) is 107 cm³/mol. The summed E-state index contributed by atoms with van der Waals surface area (Å²) in [5.74, 6) is -0.0280. The van der Waals surface area contributed by atoms with Crippen LogP contribution in [0.4, 0.5) is 0 Å². The van der Waals surface area contributed by atoms with Gasteiger partial charge in [0, 0.05) is 11.9 Å². The van der Waals surface area contributed by atoms with Crippen molar-refractivity contribution >= 4 is 28.6 Å². The van der Waals surface area contributed by atoms with Gasteiger partial charge in [0.2, 0.25) is 5.91 Å². The molecule has 0 aliphatic carbocycles. The number of nitrogens with one attached hydrogen (secondary N) is 1. The Bertz CT molecular complexity index is 1010. The molecule has 27 heavy (non-hydrogen) atoms. The highest BCUT2D eigenvalue weighted by Gasteiger charge is 2.09. The van der Waals surface area contributed by atoms with Gasteiger partial charge in [-0.15, -0.1) is 22.7 Å². The van der Waals surface area contributed by atoms with Gasteiger partial charge in [0.25, 0.3) is 0 Å². The van der Waals surface area contributed by atoms with Crippen LogP contribution in [0.25, 0.3) is 9.88 Å². The Balaban J connectivity index is 1.31. The van der Waals surface area contributed by atoms with E-state index in [-0.39, 0.29) is 5.91 Å². The molecule has 0 saturated carbocycles. The molecule has 1 aromatic carbocycles. The van der Waals surface area contributed by atoms with Gasteiger partial charge in [-0.25, -0.2) is 14.6 Å². The number of aromatic nitrogens is 4. The molecule has 0 saturated heterocycles. The second kappa shape index (κ2) is 8.24.